The third kappa shape index (κ3) is 3.08. The molecule has 3 nitrogen and oxygen atoms in total. The van der Waals surface area contributed by atoms with Gasteiger partial charge < -0.3 is 10.2 Å². The predicted octanol–water partition coefficient (Wildman–Crippen LogP) is 3.18. The molecule has 20 heavy (non-hydrogen) atoms. The molecule has 1 saturated heterocycles. The molecule has 1 aliphatic carbocycles. The molecule has 1 unspecified atom stereocenters. The second-order valence-corrected chi connectivity index (χ2v) is 6.31. The molecule has 0 aromatic heterocycles. The topological polar surface area (TPSA) is 39.1 Å². The molecular weight excluding hydrogens is 270 g/mol. The number of nitriles is 1. The molecule has 4 heteroatoms. The third-order valence-corrected chi connectivity index (χ3v) is 4.47. The number of nitrogens with zero attached hydrogens (tertiary/aromatic N) is 2. The largest absolute Gasteiger partial charge is 0.367 e. The third-order valence-electron chi connectivity index (χ3n) is 4.23. The maximum Gasteiger partial charge on any atom is 0.101 e. The standard InChI is InChI=1S/C16H20ClN3/c17-14-4-3-13(9-18)16(8-14)20(15-5-6-15)11-12-2-1-7-19-10-12/h3-4,8,12,15,19H,1-2,5-7,10-11H2. The lowest BCUT2D eigenvalue weighted by molar-refractivity contribution is 0.376. The van der Waals surface area contributed by atoms with Crippen LogP contribution in [0.5, 0.6) is 0 Å². The van der Waals surface area contributed by atoms with Crippen molar-refractivity contribution >= 4 is 17.3 Å². The molecule has 1 aromatic carbocycles. The van der Waals surface area contributed by atoms with Crippen LogP contribution in [0.15, 0.2) is 18.2 Å². The molecule has 3 rings (SSSR count). The van der Waals surface area contributed by atoms with E-state index < -0.39 is 0 Å². The summed E-state index contributed by atoms with van der Waals surface area (Å²) in [5, 5.41) is 13.5. The number of rotatable bonds is 4. The molecule has 0 spiro atoms. The van der Waals surface area contributed by atoms with E-state index in [9.17, 15) is 5.26 Å². The Morgan fingerprint density at radius 3 is 2.85 bits per heavy atom. The van der Waals surface area contributed by atoms with Crippen LogP contribution < -0.4 is 10.2 Å². The summed E-state index contributed by atoms with van der Waals surface area (Å²) in [6.07, 6.45) is 5.00. The van der Waals surface area contributed by atoms with Crippen molar-refractivity contribution in [3.8, 4) is 6.07 Å². The van der Waals surface area contributed by atoms with E-state index in [4.69, 9.17) is 11.6 Å². The van der Waals surface area contributed by atoms with Gasteiger partial charge in [-0.25, -0.2) is 0 Å². The maximum atomic E-state index is 9.33. The van der Waals surface area contributed by atoms with Crippen molar-refractivity contribution < 1.29 is 0 Å². The summed E-state index contributed by atoms with van der Waals surface area (Å²) in [6, 6.07) is 8.50. The summed E-state index contributed by atoms with van der Waals surface area (Å²) in [5.74, 6) is 0.676. The lowest BCUT2D eigenvalue weighted by Gasteiger charge is -2.32. The van der Waals surface area contributed by atoms with Crippen LogP contribution in [0.4, 0.5) is 5.69 Å². The van der Waals surface area contributed by atoms with Crippen LogP contribution in [-0.2, 0) is 0 Å². The lowest BCUT2D eigenvalue weighted by atomic mass is 9.98. The van der Waals surface area contributed by atoms with Crippen molar-refractivity contribution in [3.63, 3.8) is 0 Å². The Kier molecular flexibility index (Phi) is 4.14. The van der Waals surface area contributed by atoms with E-state index in [0.717, 1.165) is 30.9 Å². The Balaban J connectivity index is 1.83. The van der Waals surface area contributed by atoms with E-state index in [1.165, 1.54) is 25.7 Å². The van der Waals surface area contributed by atoms with E-state index in [1.807, 2.05) is 12.1 Å². The maximum absolute atomic E-state index is 9.33. The highest BCUT2D eigenvalue weighted by atomic mass is 35.5. The molecule has 106 valence electrons. The molecule has 1 heterocycles. The Bertz CT molecular complexity index is 513. The van der Waals surface area contributed by atoms with Crippen LogP contribution in [0.1, 0.15) is 31.2 Å². The van der Waals surface area contributed by atoms with Gasteiger partial charge in [0.05, 0.1) is 11.3 Å². The number of hydrogen-bond acceptors (Lipinski definition) is 3. The number of halogens is 1. The first kappa shape index (κ1) is 13.7. The van der Waals surface area contributed by atoms with Gasteiger partial charge >= 0.3 is 0 Å². The fourth-order valence-electron chi connectivity index (χ4n) is 3.03. The van der Waals surface area contributed by atoms with Gasteiger partial charge in [-0.2, -0.15) is 5.26 Å². The first-order valence-electron chi connectivity index (χ1n) is 7.45. The summed E-state index contributed by atoms with van der Waals surface area (Å²) in [5.41, 5.74) is 1.76. The minimum Gasteiger partial charge on any atom is -0.367 e. The van der Waals surface area contributed by atoms with Gasteiger partial charge in [0.2, 0.25) is 0 Å². The van der Waals surface area contributed by atoms with Crippen LogP contribution >= 0.6 is 11.6 Å². The normalized spacial score (nSPS) is 22.3. The predicted molar refractivity (Wildman–Crippen MR) is 82.1 cm³/mol. The Labute approximate surface area is 125 Å². The van der Waals surface area contributed by atoms with Crippen molar-refractivity contribution in [3.05, 3.63) is 28.8 Å². The minimum atomic E-state index is 0.600. The zero-order valence-electron chi connectivity index (χ0n) is 11.6. The number of hydrogen-bond donors (Lipinski definition) is 1. The average molecular weight is 290 g/mol. The Hall–Kier alpha value is -1.24. The van der Waals surface area contributed by atoms with Crippen molar-refractivity contribution in [2.75, 3.05) is 24.5 Å². The molecule has 1 aliphatic heterocycles. The van der Waals surface area contributed by atoms with Gasteiger partial charge in [-0.3, -0.25) is 0 Å². The number of benzene rings is 1. The van der Waals surface area contributed by atoms with Crippen molar-refractivity contribution in [1.82, 2.24) is 5.32 Å². The van der Waals surface area contributed by atoms with Crippen LogP contribution in [0.3, 0.4) is 0 Å². The minimum absolute atomic E-state index is 0.600. The first-order valence-corrected chi connectivity index (χ1v) is 7.82. The van der Waals surface area contributed by atoms with E-state index in [-0.39, 0.29) is 0 Å². The molecule has 1 saturated carbocycles. The highest BCUT2D eigenvalue weighted by Crippen LogP contribution is 2.36. The van der Waals surface area contributed by atoms with Crippen LogP contribution in [0.25, 0.3) is 0 Å². The zero-order valence-corrected chi connectivity index (χ0v) is 12.4. The molecular formula is C16H20ClN3. The van der Waals surface area contributed by atoms with E-state index in [1.54, 1.807) is 6.07 Å². The van der Waals surface area contributed by atoms with Crippen LogP contribution in [0, 0.1) is 17.2 Å². The molecule has 1 atom stereocenters. The quantitative estimate of drug-likeness (QED) is 0.925. The zero-order chi connectivity index (χ0) is 13.9. The number of piperidine rings is 1. The molecule has 2 aliphatic rings. The van der Waals surface area contributed by atoms with Crippen molar-refractivity contribution in [1.29, 1.82) is 5.26 Å². The monoisotopic (exact) mass is 289 g/mol. The van der Waals surface area contributed by atoms with Crippen molar-refractivity contribution in [2.24, 2.45) is 5.92 Å². The Morgan fingerprint density at radius 1 is 1.35 bits per heavy atom. The summed E-state index contributed by atoms with van der Waals surface area (Å²) < 4.78 is 0. The summed E-state index contributed by atoms with van der Waals surface area (Å²) in [4.78, 5) is 2.42. The van der Waals surface area contributed by atoms with Gasteiger partial charge in [0.15, 0.2) is 0 Å². The van der Waals surface area contributed by atoms with Gasteiger partial charge in [0.25, 0.3) is 0 Å². The summed E-state index contributed by atoms with van der Waals surface area (Å²) >= 11 is 6.14. The van der Waals surface area contributed by atoms with Gasteiger partial charge in [-0.05, 0) is 62.9 Å². The highest BCUT2D eigenvalue weighted by Gasteiger charge is 2.32. The number of nitrogens with one attached hydrogen (secondary N) is 1. The second-order valence-electron chi connectivity index (χ2n) is 5.87. The molecule has 1 N–H and O–H groups in total. The molecule has 0 radical (unpaired) electrons. The van der Waals surface area contributed by atoms with Crippen molar-refractivity contribution in [2.45, 2.75) is 31.7 Å². The van der Waals surface area contributed by atoms with Gasteiger partial charge in [0.1, 0.15) is 6.07 Å². The highest BCUT2D eigenvalue weighted by molar-refractivity contribution is 6.30. The van der Waals surface area contributed by atoms with Crippen LogP contribution in [-0.4, -0.2) is 25.7 Å². The smallest absolute Gasteiger partial charge is 0.101 e. The summed E-state index contributed by atoms with van der Waals surface area (Å²) in [7, 11) is 0. The fourth-order valence-corrected chi connectivity index (χ4v) is 3.19. The summed E-state index contributed by atoms with van der Waals surface area (Å²) in [6.45, 7) is 3.26. The molecule has 0 amide bonds. The molecule has 0 bridgehead atoms. The second kappa shape index (κ2) is 6.03. The Morgan fingerprint density at radius 2 is 2.20 bits per heavy atom. The van der Waals surface area contributed by atoms with Crippen LogP contribution in [0.2, 0.25) is 5.02 Å². The van der Waals surface area contributed by atoms with Gasteiger partial charge in [-0.15, -0.1) is 0 Å². The fraction of sp³-hybridized carbons (Fsp3) is 0.562. The first-order chi connectivity index (χ1) is 9.78. The lowest BCUT2D eigenvalue weighted by Crippen LogP contribution is -2.39. The van der Waals surface area contributed by atoms with E-state index >= 15 is 0 Å². The van der Waals surface area contributed by atoms with Gasteiger partial charge in [-0.1, -0.05) is 11.6 Å². The molecule has 1 aromatic rings. The van der Waals surface area contributed by atoms with E-state index in [0.29, 0.717) is 17.0 Å². The average Bonchev–Trinajstić information content (AvgIpc) is 3.30. The molecule has 2 fully saturated rings. The van der Waals surface area contributed by atoms with Gasteiger partial charge in [0, 0.05) is 17.6 Å². The number of anilines is 1. The SMILES string of the molecule is N#Cc1ccc(Cl)cc1N(CC1CCCNC1)C1CC1. The van der Waals surface area contributed by atoms with E-state index in [2.05, 4.69) is 16.3 Å².